The molecule has 0 bridgehead atoms. The lowest BCUT2D eigenvalue weighted by molar-refractivity contribution is -0.124. The fourth-order valence-corrected chi connectivity index (χ4v) is 3.94. The van der Waals surface area contributed by atoms with Gasteiger partial charge in [0.15, 0.2) is 0 Å². The van der Waals surface area contributed by atoms with Crippen molar-refractivity contribution in [3.63, 3.8) is 0 Å². The van der Waals surface area contributed by atoms with Crippen LogP contribution in [0.25, 0.3) is 0 Å². The highest BCUT2D eigenvalue weighted by molar-refractivity contribution is 7.10. The molecule has 0 radical (unpaired) electrons. The molecule has 1 aliphatic carbocycles. The van der Waals surface area contributed by atoms with Crippen molar-refractivity contribution in [1.29, 1.82) is 0 Å². The van der Waals surface area contributed by atoms with Crippen molar-refractivity contribution >= 4 is 23.3 Å². The van der Waals surface area contributed by atoms with E-state index >= 15 is 0 Å². The van der Waals surface area contributed by atoms with E-state index in [-0.39, 0.29) is 17.9 Å². The maximum atomic E-state index is 12.6. The molecule has 1 heterocycles. The Balaban J connectivity index is 1.70. The highest BCUT2D eigenvalue weighted by atomic mass is 32.1. The predicted molar refractivity (Wildman–Crippen MR) is 94.5 cm³/mol. The minimum absolute atomic E-state index is 0.0781. The van der Waals surface area contributed by atoms with Crippen molar-refractivity contribution in [3.8, 4) is 0 Å². The van der Waals surface area contributed by atoms with Crippen molar-refractivity contribution in [3.05, 3.63) is 58.3 Å². The summed E-state index contributed by atoms with van der Waals surface area (Å²) in [5.74, 6) is -0.0781. The van der Waals surface area contributed by atoms with Gasteiger partial charge in [-0.15, -0.1) is 11.3 Å². The van der Waals surface area contributed by atoms with Crippen LogP contribution >= 0.6 is 11.3 Å². The van der Waals surface area contributed by atoms with Crippen LogP contribution in [-0.2, 0) is 10.3 Å². The van der Waals surface area contributed by atoms with Crippen molar-refractivity contribution < 1.29 is 9.59 Å². The number of carbonyl (C=O) groups excluding carboxylic acids is 2. The van der Waals surface area contributed by atoms with Crippen molar-refractivity contribution in [2.75, 3.05) is 0 Å². The lowest BCUT2D eigenvalue weighted by Gasteiger charge is -2.43. The standard InChI is InChI=1S/C18H21N3O2S/c19-17(23)20-14(15-8-4-11-24-15)12-16(22)21-18(9-5-10-18)13-6-2-1-3-7-13/h1-4,6-8,11,14H,5,9-10,12H2,(H,21,22)(H3,19,20,23)/t14-/m1/s1. The average molecular weight is 343 g/mol. The monoisotopic (exact) mass is 343 g/mol. The molecule has 1 saturated carbocycles. The Kier molecular flexibility index (Phi) is 4.85. The highest BCUT2D eigenvalue weighted by Crippen LogP contribution is 2.41. The van der Waals surface area contributed by atoms with Gasteiger partial charge in [0, 0.05) is 4.88 Å². The van der Waals surface area contributed by atoms with Crippen molar-refractivity contribution in [2.24, 2.45) is 5.73 Å². The molecule has 5 nitrogen and oxygen atoms in total. The first kappa shape index (κ1) is 16.5. The Hall–Kier alpha value is -2.34. The molecular weight excluding hydrogens is 322 g/mol. The van der Waals surface area contributed by atoms with Crippen LogP contribution in [0.5, 0.6) is 0 Å². The van der Waals surface area contributed by atoms with Gasteiger partial charge >= 0.3 is 6.03 Å². The van der Waals surface area contributed by atoms with E-state index in [1.54, 1.807) is 0 Å². The van der Waals surface area contributed by atoms with E-state index in [4.69, 9.17) is 5.73 Å². The van der Waals surface area contributed by atoms with Crippen LogP contribution < -0.4 is 16.4 Å². The van der Waals surface area contributed by atoms with Gasteiger partial charge < -0.3 is 16.4 Å². The number of thiophene rings is 1. The second-order valence-electron chi connectivity index (χ2n) is 6.13. The van der Waals surface area contributed by atoms with Crippen LogP contribution in [0.4, 0.5) is 4.79 Å². The molecule has 126 valence electrons. The van der Waals surface area contributed by atoms with Gasteiger partial charge in [0.05, 0.1) is 18.0 Å². The van der Waals surface area contributed by atoms with E-state index in [1.165, 1.54) is 11.3 Å². The summed E-state index contributed by atoms with van der Waals surface area (Å²) in [6, 6.07) is 12.8. The van der Waals surface area contributed by atoms with E-state index < -0.39 is 12.1 Å². The number of amides is 3. The van der Waals surface area contributed by atoms with Gasteiger partial charge in [0.1, 0.15) is 0 Å². The number of hydrogen-bond acceptors (Lipinski definition) is 3. The summed E-state index contributed by atoms with van der Waals surface area (Å²) < 4.78 is 0. The van der Waals surface area contributed by atoms with Crippen LogP contribution in [0.3, 0.4) is 0 Å². The molecule has 0 saturated heterocycles. The van der Waals surface area contributed by atoms with E-state index in [1.807, 2.05) is 35.7 Å². The van der Waals surface area contributed by atoms with Crippen LogP contribution in [-0.4, -0.2) is 11.9 Å². The topological polar surface area (TPSA) is 84.2 Å². The summed E-state index contributed by atoms with van der Waals surface area (Å²) in [6.45, 7) is 0. The normalized spacial score (nSPS) is 16.7. The van der Waals surface area contributed by atoms with Gasteiger partial charge in [0.25, 0.3) is 0 Å². The molecular formula is C18H21N3O2S. The number of carbonyl (C=O) groups is 2. The molecule has 0 spiro atoms. The molecule has 1 aromatic heterocycles. The first-order valence-corrected chi connectivity index (χ1v) is 8.93. The molecule has 1 aromatic carbocycles. The molecule has 0 unspecified atom stereocenters. The Morgan fingerprint density at radius 3 is 2.46 bits per heavy atom. The van der Waals surface area contributed by atoms with Crippen LogP contribution in [0, 0.1) is 0 Å². The smallest absolute Gasteiger partial charge is 0.312 e. The minimum Gasteiger partial charge on any atom is -0.352 e. The molecule has 1 fully saturated rings. The van der Waals surface area contributed by atoms with Crippen LogP contribution in [0.15, 0.2) is 47.8 Å². The third-order valence-electron chi connectivity index (χ3n) is 4.50. The fourth-order valence-electron chi connectivity index (χ4n) is 3.16. The molecule has 0 aliphatic heterocycles. The van der Waals surface area contributed by atoms with Gasteiger partial charge in [-0.1, -0.05) is 36.4 Å². The zero-order valence-electron chi connectivity index (χ0n) is 13.3. The van der Waals surface area contributed by atoms with Crippen molar-refractivity contribution in [2.45, 2.75) is 37.3 Å². The number of hydrogen-bond donors (Lipinski definition) is 3. The van der Waals surface area contributed by atoms with Gasteiger partial charge in [-0.25, -0.2) is 4.79 Å². The molecule has 1 atom stereocenters. The quantitative estimate of drug-likeness (QED) is 0.753. The van der Waals surface area contributed by atoms with E-state index in [9.17, 15) is 9.59 Å². The molecule has 3 rings (SSSR count). The Bertz CT molecular complexity index is 696. The van der Waals surface area contributed by atoms with Gasteiger partial charge in [-0.2, -0.15) is 0 Å². The number of benzene rings is 1. The molecule has 1 aliphatic rings. The number of nitrogens with one attached hydrogen (secondary N) is 2. The largest absolute Gasteiger partial charge is 0.352 e. The van der Waals surface area contributed by atoms with Crippen molar-refractivity contribution in [1.82, 2.24) is 10.6 Å². The first-order chi connectivity index (χ1) is 11.6. The van der Waals surface area contributed by atoms with Gasteiger partial charge in [-0.05, 0) is 36.3 Å². The number of urea groups is 1. The third kappa shape index (κ3) is 3.59. The van der Waals surface area contributed by atoms with E-state index in [0.717, 1.165) is 29.7 Å². The Morgan fingerprint density at radius 1 is 1.17 bits per heavy atom. The number of rotatable bonds is 6. The maximum Gasteiger partial charge on any atom is 0.312 e. The molecule has 3 amide bonds. The van der Waals surface area contributed by atoms with E-state index in [0.29, 0.717) is 0 Å². The summed E-state index contributed by atoms with van der Waals surface area (Å²) in [5, 5.41) is 7.77. The zero-order chi connectivity index (χ0) is 17.0. The lowest BCUT2D eigenvalue weighted by Crippen LogP contribution is -2.51. The van der Waals surface area contributed by atoms with Gasteiger partial charge in [0.2, 0.25) is 5.91 Å². The zero-order valence-corrected chi connectivity index (χ0v) is 14.1. The summed E-state index contributed by atoms with van der Waals surface area (Å²) in [4.78, 5) is 24.8. The number of nitrogens with two attached hydrogens (primary N) is 1. The lowest BCUT2D eigenvalue weighted by atomic mass is 9.71. The summed E-state index contributed by atoms with van der Waals surface area (Å²) in [5.41, 5.74) is 6.12. The predicted octanol–water partition coefficient (Wildman–Crippen LogP) is 3.04. The van der Waals surface area contributed by atoms with E-state index in [2.05, 4.69) is 22.8 Å². The molecule has 24 heavy (non-hydrogen) atoms. The summed E-state index contributed by atoms with van der Waals surface area (Å²) in [7, 11) is 0. The molecule has 6 heteroatoms. The van der Waals surface area contributed by atoms with Crippen LogP contribution in [0.1, 0.15) is 42.2 Å². The Labute approximate surface area is 145 Å². The summed E-state index contributed by atoms with van der Waals surface area (Å²) >= 11 is 1.50. The number of primary amides is 1. The maximum absolute atomic E-state index is 12.6. The SMILES string of the molecule is NC(=O)N[C@H](CC(=O)NC1(c2ccccc2)CCC1)c1cccs1. The molecule has 4 N–H and O–H groups in total. The third-order valence-corrected chi connectivity index (χ3v) is 5.49. The highest BCUT2D eigenvalue weighted by Gasteiger charge is 2.40. The Morgan fingerprint density at radius 2 is 1.92 bits per heavy atom. The molecule has 2 aromatic rings. The van der Waals surface area contributed by atoms with Gasteiger partial charge in [-0.3, -0.25) is 4.79 Å². The average Bonchev–Trinajstić information content (AvgIpc) is 3.05. The van der Waals surface area contributed by atoms with Crippen LogP contribution in [0.2, 0.25) is 0 Å². The first-order valence-electron chi connectivity index (χ1n) is 8.05. The second-order valence-corrected chi connectivity index (χ2v) is 7.11. The summed E-state index contributed by atoms with van der Waals surface area (Å²) in [6.07, 6.45) is 3.16. The second kappa shape index (κ2) is 7.05. The minimum atomic E-state index is -0.623. The fraction of sp³-hybridized carbons (Fsp3) is 0.333.